The van der Waals surface area contributed by atoms with Gasteiger partial charge in [0, 0.05) is 31.3 Å². The largest absolute Gasteiger partial charge is 0.481 e. The van der Waals surface area contributed by atoms with Crippen molar-refractivity contribution in [3.63, 3.8) is 0 Å². The molecule has 1 N–H and O–H groups in total. The van der Waals surface area contributed by atoms with Gasteiger partial charge in [0.05, 0.1) is 12.5 Å². The minimum atomic E-state index is -0.860. The molecule has 19 heavy (non-hydrogen) atoms. The van der Waals surface area contributed by atoms with E-state index >= 15 is 0 Å². The molecule has 4 nitrogen and oxygen atoms in total. The lowest BCUT2D eigenvalue weighted by Crippen LogP contribution is -2.51. The summed E-state index contributed by atoms with van der Waals surface area (Å²) >= 11 is 0. The predicted octanol–water partition coefficient (Wildman–Crippen LogP) is 1.85. The van der Waals surface area contributed by atoms with E-state index in [1.807, 2.05) is 11.9 Å². The van der Waals surface area contributed by atoms with Gasteiger partial charge in [0.25, 0.3) is 0 Å². The van der Waals surface area contributed by atoms with E-state index in [1.165, 1.54) is 12.1 Å². The second-order valence-electron chi connectivity index (χ2n) is 5.22. The molecule has 0 radical (unpaired) electrons. The van der Waals surface area contributed by atoms with Crippen molar-refractivity contribution in [2.75, 3.05) is 25.2 Å². The maximum atomic E-state index is 13.4. The Balaban J connectivity index is 2.13. The molecule has 3 unspecified atom stereocenters. The van der Waals surface area contributed by atoms with Crippen LogP contribution in [0.15, 0.2) is 18.2 Å². The van der Waals surface area contributed by atoms with E-state index < -0.39 is 11.9 Å². The molecule has 3 atom stereocenters. The molecule has 102 valence electrons. The van der Waals surface area contributed by atoms with Crippen LogP contribution in [0.3, 0.4) is 0 Å². The molecule has 5 heteroatoms. The van der Waals surface area contributed by atoms with Crippen molar-refractivity contribution in [2.24, 2.45) is 5.92 Å². The summed E-state index contributed by atoms with van der Waals surface area (Å²) in [6.45, 7) is 1.07. The first-order valence-electron chi connectivity index (χ1n) is 6.42. The number of hydrogen-bond acceptors (Lipinski definition) is 3. The van der Waals surface area contributed by atoms with Crippen molar-refractivity contribution in [2.45, 2.75) is 18.4 Å². The van der Waals surface area contributed by atoms with E-state index in [0.717, 1.165) is 6.42 Å². The lowest BCUT2D eigenvalue weighted by molar-refractivity contribution is -0.142. The summed E-state index contributed by atoms with van der Waals surface area (Å²) in [5, 5.41) is 9.51. The molecule has 3 rings (SSSR count). The number of halogens is 1. The van der Waals surface area contributed by atoms with E-state index in [9.17, 15) is 14.3 Å². The number of carboxylic acids is 1. The summed E-state index contributed by atoms with van der Waals surface area (Å²) in [4.78, 5) is 13.6. The Labute approximate surface area is 110 Å². The Morgan fingerprint density at radius 3 is 3.05 bits per heavy atom. The lowest BCUT2D eigenvalue weighted by atomic mass is 9.75. The van der Waals surface area contributed by atoms with E-state index in [-0.39, 0.29) is 17.8 Å². The van der Waals surface area contributed by atoms with Crippen molar-refractivity contribution in [3.05, 3.63) is 29.6 Å². The molecule has 1 aromatic rings. The third-order valence-electron chi connectivity index (χ3n) is 4.26. The average Bonchev–Trinajstić information content (AvgIpc) is 2.39. The fraction of sp³-hybridized carbons (Fsp3) is 0.500. The van der Waals surface area contributed by atoms with Gasteiger partial charge in [0.1, 0.15) is 5.82 Å². The van der Waals surface area contributed by atoms with Crippen LogP contribution in [0.1, 0.15) is 17.9 Å². The van der Waals surface area contributed by atoms with Crippen LogP contribution in [0.25, 0.3) is 0 Å². The summed E-state index contributed by atoms with van der Waals surface area (Å²) in [5.41, 5.74) is 1.37. The Morgan fingerprint density at radius 1 is 1.53 bits per heavy atom. The molecule has 0 aromatic heterocycles. The van der Waals surface area contributed by atoms with Crippen molar-refractivity contribution in [3.8, 4) is 0 Å². The number of anilines is 1. The van der Waals surface area contributed by atoms with Gasteiger partial charge in [-0.15, -0.1) is 0 Å². The minimum Gasteiger partial charge on any atom is -0.481 e. The summed E-state index contributed by atoms with van der Waals surface area (Å²) in [7, 11) is 1.90. The molecule has 0 amide bonds. The SMILES string of the molecule is CN1c2cc(F)ccc2C(C(=O)O)C2COCCC21. The van der Waals surface area contributed by atoms with Gasteiger partial charge in [-0.1, -0.05) is 6.07 Å². The molecule has 0 bridgehead atoms. The van der Waals surface area contributed by atoms with Crippen LogP contribution in [0.5, 0.6) is 0 Å². The quantitative estimate of drug-likeness (QED) is 0.842. The van der Waals surface area contributed by atoms with Crippen LogP contribution in [0.2, 0.25) is 0 Å². The fourth-order valence-corrected chi connectivity index (χ4v) is 3.36. The maximum Gasteiger partial charge on any atom is 0.311 e. The highest BCUT2D eigenvalue weighted by Crippen LogP contribution is 2.44. The topological polar surface area (TPSA) is 49.8 Å². The van der Waals surface area contributed by atoms with Crippen molar-refractivity contribution < 1.29 is 19.0 Å². The van der Waals surface area contributed by atoms with Gasteiger partial charge in [-0.05, 0) is 24.1 Å². The number of carbonyl (C=O) groups is 1. The molecule has 0 spiro atoms. The first kappa shape index (κ1) is 12.4. The molecular formula is C14H16FNO3. The van der Waals surface area contributed by atoms with Crippen LogP contribution in [0, 0.1) is 11.7 Å². The zero-order chi connectivity index (χ0) is 13.6. The molecule has 1 saturated heterocycles. The highest BCUT2D eigenvalue weighted by Gasteiger charge is 2.44. The number of fused-ring (bicyclic) bond motifs is 2. The first-order chi connectivity index (χ1) is 9.09. The van der Waals surface area contributed by atoms with Crippen LogP contribution >= 0.6 is 0 Å². The van der Waals surface area contributed by atoms with Gasteiger partial charge in [-0.2, -0.15) is 0 Å². The molecule has 2 heterocycles. The molecule has 0 saturated carbocycles. The van der Waals surface area contributed by atoms with E-state index in [1.54, 1.807) is 6.07 Å². The van der Waals surface area contributed by atoms with Gasteiger partial charge in [-0.3, -0.25) is 4.79 Å². The number of hydrogen-bond donors (Lipinski definition) is 1. The van der Waals surface area contributed by atoms with Crippen LogP contribution in [-0.4, -0.2) is 37.4 Å². The Kier molecular flexibility index (Phi) is 2.93. The van der Waals surface area contributed by atoms with Gasteiger partial charge in [0.2, 0.25) is 0 Å². The van der Waals surface area contributed by atoms with Crippen molar-refractivity contribution >= 4 is 11.7 Å². The number of ether oxygens (including phenoxy) is 1. The third kappa shape index (κ3) is 1.89. The zero-order valence-electron chi connectivity index (χ0n) is 10.7. The highest BCUT2D eigenvalue weighted by atomic mass is 19.1. The number of carboxylic acid groups (broad SMARTS) is 1. The molecule has 2 aliphatic rings. The van der Waals surface area contributed by atoms with Crippen molar-refractivity contribution in [1.82, 2.24) is 0 Å². The van der Waals surface area contributed by atoms with Crippen LogP contribution in [-0.2, 0) is 9.53 Å². The van der Waals surface area contributed by atoms with Gasteiger partial charge >= 0.3 is 5.97 Å². The highest BCUT2D eigenvalue weighted by molar-refractivity contribution is 5.81. The van der Waals surface area contributed by atoms with E-state index in [4.69, 9.17) is 4.74 Å². The van der Waals surface area contributed by atoms with Crippen LogP contribution in [0.4, 0.5) is 10.1 Å². The standard InChI is InChI=1S/C14H16FNO3/c1-16-11-4-5-19-7-10(11)13(14(17)18)9-3-2-8(15)6-12(9)16/h2-3,6,10-11,13H,4-5,7H2,1H3,(H,17,18). The second kappa shape index (κ2) is 4.49. The Morgan fingerprint density at radius 2 is 2.32 bits per heavy atom. The predicted molar refractivity (Wildman–Crippen MR) is 67.9 cm³/mol. The van der Waals surface area contributed by atoms with Crippen molar-refractivity contribution in [1.29, 1.82) is 0 Å². The van der Waals surface area contributed by atoms with E-state index in [2.05, 4.69) is 0 Å². The summed E-state index contributed by atoms with van der Waals surface area (Å²) in [5.74, 6) is -1.88. The minimum absolute atomic E-state index is 0.0748. The fourth-order valence-electron chi connectivity index (χ4n) is 3.36. The number of nitrogens with zero attached hydrogens (tertiary/aromatic N) is 1. The summed E-state index contributed by atoms with van der Waals surface area (Å²) in [6.07, 6.45) is 0.779. The molecule has 2 aliphatic heterocycles. The monoisotopic (exact) mass is 265 g/mol. The lowest BCUT2D eigenvalue weighted by Gasteiger charge is -2.46. The second-order valence-corrected chi connectivity index (χ2v) is 5.22. The van der Waals surface area contributed by atoms with Crippen LogP contribution < -0.4 is 4.90 Å². The molecule has 1 aromatic carbocycles. The summed E-state index contributed by atoms with van der Waals surface area (Å²) < 4.78 is 18.9. The molecule has 1 fully saturated rings. The summed E-state index contributed by atoms with van der Waals surface area (Å²) in [6, 6.07) is 4.44. The van der Waals surface area contributed by atoms with Gasteiger partial charge in [-0.25, -0.2) is 4.39 Å². The number of rotatable bonds is 1. The average molecular weight is 265 g/mol. The normalized spacial score (nSPS) is 29.6. The number of benzene rings is 1. The third-order valence-corrected chi connectivity index (χ3v) is 4.26. The Hall–Kier alpha value is -1.62. The smallest absolute Gasteiger partial charge is 0.311 e. The molecular weight excluding hydrogens is 249 g/mol. The van der Waals surface area contributed by atoms with Gasteiger partial charge in [0.15, 0.2) is 0 Å². The molecule has 0 aliphatic carbocycles. The van der Waals surface area contributed by atoms with E-state index in [0.29, 0.717) is 24.5 Å². The Bertz CT molecular complexity index is 519. The maximum absolute atomic E-state index is 13.4. The zero-order valence-corrected chi connectivity index (χ0v) is 10.7. The number of aliphatic carboxylic acids is 1. The first-order valence-corrected chi connectivity index (χ1v) is 6.42. The van der Waals surface area contributed by atoms with Gasteiger partial charge < -0.3 is 14.7 Å².